The van der Waals surface area contributed by atoms with Crippen LogP contribution >= 0.6 is 12.2 Å². The number of aliphatic hydroxyl groups excluding tert-OH is 1. The minimum atomic E-state index is -0.493. The summed E-state index contributed by atoms with van der Waals surface area (Å²) in [6.07, 6.45) is 0. The number of thiocarbonyl (C=S) groups is 1. The molecule has 3 nitrogen and oxygen atoms in total. The van der Waals surface area contributed by atoms with E-state index in [1.54, 1.807) is 0 Å². The molecule has 0 fully saturated rings. The Hall–Kier alpha value is -1.27. The van der Waals surface area contributed by atoms with Crippen LogP contribution in [-0.4, -0.2) is 23.4 Å². The molecule has 0 aliphatic heterocycles. The second kappa shape index (κ2) is 6.34. The molecule has 0 heterocycles. The van der Waals surface area contributed by atoms with E-state index in [9.17, 15) is 8.78 Å². The third kappa shape index (κ3) is 4.08. The molecule has 0 atom stereocenters. The molecule has 0 saturated heterocycles. The predicted octanol–water partition coefficient (Wildman–Crippen LogP) is 0.921. The van der Waals surface area contributed by atoms with E-state index in [2.05, 4.69) is 10.6 Å². The van der Waals surface area contributed by atoms with Gasteiger partial charge in [0, 0.05) is 18.7 Å². The number of nitrogens with one attached hydrogen (secondary N) is 2. The van der Waals surface area contributed by atoms with Crippen LogP contribution < -0.4 is 10.6 Å². The van der Waals surface area contributed by atoms with Gasteiger partial charge in [0.2, 0.25) is 0 Å². The lowest BCUT2D eigenvalue weighted by molar-refractivity contribution is 0.300. The Bertz CT molecular complexity index is 374. The van der Waals surface area contributed by atoms with E-state index in [1.807, 2.05) is 0 Å². The van der Waals surface area contributed by atoms with Crippen LogP contribution in [0.4, 0.5) is 8.78 Å². The van der Waals surface area contributed by atoms with Gasteiger partial charge in [-0.2, -0.15) is 0 Å². The van der Waals surface area contributed by atoms with Gasteiger partial charge in [0.05, 0.1) is 6.61 Å². The van der Waals surface area contributed by atoms with Gasteiger partial charge in [0.15, 0.2) is 5.11 Å². The van der Waals surface area contributed by atoms with Crippen molar-refractivity contribution in [1.29, 1.82) is 0 Å². The molecule has 1 rings (SSSR count). The Morgan fingerprint density at radius 3 is 2.75 bits per heavy atom. The number of aliphatic hydroxyl groups is 1. The molecule has 0 radical (unpaired) electrons. The number of halogens is 2. The van der Waals surface area contributed by atoms with E-state index in [1.165, 1.54) is 0 Å². The first-order valence-electron chi connectivity index (χ1n) is 4.70. The summed E-state index contributed by atoms with van der Waals surface area (Å²) < 4.78 is 26.0. The lowest BCUT2D eigenvalue weighted by atomic mass is 10.2. The summed E-state index contributed by atoms with van der Waals surface area (Å²) in [6.45, 7) is 0.370. The van der Waals surface area contributed by atoms with Gasteiger partial charge in [-0.05, 0) is 30.4 Å². The lowest BCUT2D eigenvalue weighted by Crippen LogP contribution is -2.36. The first-order chi connectivity index (χ1) is 7.63. The van der Waals surface area contributed by atoms with Crippen LogP contribution in [-0.2, 0) is 6.54 Å². The van der Waals surface area contributed by atoms with Crippen LogP contribution in [0.1, 0.15) is 5.56 Å². The number of benzene rings is 1. The molecular weight excluding hydrogens is 234 g/mol. The highest BCUT2D eigenvalue weighted by atomic mass is 32.1. The molecule has 0 unspecified atom stereocenters. The van der Waals surface area contributed by atoms with Crippen molar-refractivity contribution in [1.82, 2.24) is 10.6 Å². The molecule has 0 aromatic heterocycles. The molecule has 0 spiro atoms. The van der Waals surface area contributed by atoms with Crippen LogP contribution in [0, 0.1) is 11.6 Å². The molecule has 0 aliphatic carbocycles. The molecular formula is C10H12F2N2OS. The monoisotopic (exact) mass is 246 g/mol. The first kappa shape index (κ1) is 12.8. The fraction of sp³-hybridized carbons (Fsp3) is 0.300. The topological polar surface area (TPSA) is 44.3 Å². The minimum absolute atomic E-state index is 0.0455. The molecule has 88 valence electrons. The van der Waals surface area contributed by atoms with Crippen LogP contribution in [0.2, 0.25) is 0 Å². The maximum atomic E-state index is 13.2. The lowest BCUT2D eigenvalue weighted by Gasteiger charge is -2.09. The van der Waals surface area contributed by atoms with Gasteiger partial charge in [-0.15, -0.1) is 0 Å². The minimum Gasteiger partial charge on any atom is -0.395 e. The van der Waals surface area contributed by atoms with Crippen molar-refractivity contribution >= 4 is 17.3 Å². The summed E-state index contributed by atoms with van der Waals surface area (Å²) in [5, 5.41) is 14.2. The standard InChI is InChI=1S/C10H12F2N2OS/c11-8-1-2-9(12)7(5-8)6-14-10(16)13-3-4-15/h1-2,5,15H,3-4,6H2,(H2,13,14,16). The molecule has 0 bridgehead atoms. The van der Waals surface area contributed by atoms with E-state index in [4.69, 9.17) is 17.3 Å². The summed E-state index contributed by atoms with van der Waals surface area (Å²) in [6, 6.07) is 3.23. The van der Waals surface area contributed by atoms with Crippen molar-refractivity contribution in [3.8, 4) is 0 Å². The predicted molar refractivity (Wildman–Crippen MR) is 60.9 cm³/mol. The Morgan fingerprint density at radius 2 is 2.06 bits per heavy atom. The zero-order valence-corrected chi connectivity index (χ0v) is 9.28. The van der Waals surface area contributed by atoms with Gasteiger partial charge in [0.25, 0.3) is 0 Å². The van der Waals surface area contributed by atoms with Crippen molar-refractivity contribution in [3.05, 3.63) is 35.4 Å². The smallest absolute Gasteiger partial charge is 0.166 e. The molecule has 0 saturated carbocycles. The molecule has 0 amide bonds. The van der Waals surface area contributed by atoms with Gasteiger partial charge in [0.1, 0.15) is 11.6 Å². The highest BCUT2D eigenvalue weighted by Gasteiger charge is 2.04. The second-order valence-electron chi connectivity index (χ2n) is 3.07. The van der Waals surface area contributed by atoms with Gasteiger partial charge < -0.3 is 15.7 Å². The van der Waals surface area contributed by atoms with E-state index < -0.39 is 11.6 Å². The van der Waals surface area contributed by atoms with Crippen LogP contribution in [0.3, 0.4) is 0 Å². The number of hydrogen-bond acceptors (Lipinski definition) is 2. The van der Waals surface area contributed by atoms with Gasteiger partial charge in [-0.1, -0.05) is 0 Å². The maximum Gasteiger partial charge on any atom is 0.166 e. The molecule has 1 aromatic carbocycles. The summed E-state index contributed by atoms with van der Waals surface area (Å²) in [7, 11) is 0. The fourth-order valence-electron chi connectivity index (χ4n) is 1.09. The van der Waals surface area contributed by atoms with Crippen LogP contribution in [0.15, 0.2) is 18.2 Å². The maximum absolute atomic E-state index is 13.2. The number of hydrogen-bond donors (Lipinski definition) is 3. The Labute approximate surface area is 97.5 Å². The second-order valence-corrected chi connectivity index (χ2v) is 3.48. The SMILES string of the molecule is OCCNC(=S)NCc1cc(F)ccc1F. The van der Waals surface area contributed by atoms with Crippen molar-refractivity contribution in [2.75, 3.05) is 13.2 Å². The summed E-state index contributed by atoms with van der Waals surface area (Å²) in [5.41, 5.74) is 0.202. The van der Waals surface area contributed by atoms with Crippen molar-refractivity contribution < 1.29 is 13.9 Å². The Kier molecular flexibility index (Phi) is 5.07. The molecule has 0 aliphatic rings. The Morgan fingerprint density at radius 1 is 1.31 bits per heavy atom. The van der Waals surface area contributed by atoms with Crippen molar-refractivity contribution in [2.45, 2.75) is 6.54 Å². The average Bonchev–Trinajstić information content (AvgIpc) is 2.27. The van der Waals surface area contributed by atoms with Crippen molar-refractivity contribution in [2.24, 2.45) is 0 Å². The third-order valence-corrected chi connectivity index (χ3v) is 2.13. The highest BCUT2D eigenvalue weighted by molar-refractivity contribution is 7.80. The molecule has 3 N–H and O–H groups in total. The van der Waals surface area contributed by atoms with Crippen LogP contribution in [0.5, 0.6) is 0 Å². The summed E-state index contributed by atoms with van der Waals surface area (Å²) in [4.78, 5) is 0. The van der Waals surface area contributed by atoms with Crippen molar-refractivity contribution in [3.63, 3.8) is 0 Å². The Balaban J connectivity index is 2.47. The summed E-state index contributed by atoms with van der Waals surface area (Å²) in [5.74, 6) is -0.980. The third-order valence-electron chi connectivity index (χ3n) is 1.84. The van der Waals surface area contributed by atoms with Gasteiger partial charge >= 0.3 is 0 Å². The average molecular weight is 246 g/mol. The van der Waals surface area contributed by atoms with Gasteiger partial charge in [-0.25, -0.2) is 8.78 Å². The highest BCUT2D eigenvalue weighted by Crippen LogP contribution is 2.08. The van der Waals surface area contributed by atoms with Crippen LogP contribution in [0.25, 0.3) is 0 Å². The molecule has 1 aromatic rings. The fourth-order valence-corrected chi connectivity index (χ4v) is 1.26. The van der Waals surface area contributed by atoms with E-state index in [0.29, 0.717) is 6.54 Å². The largest absolute Gasteiger partial charge is 0.395 e. The normalized spacial score (nSPS) is 9.94. The van der Waals surface area contributed by atoms with E-state index >= 15 is 0 Å². The molecule has 6 heteroatoms. The van der Waals surface area contributed by atoms with Gasteiger partial charge in [-0.3, -0.25) is 0 Å². The quantitative estimate of drug-likeness (QED) is 0.691. The van der Waals surface area contributed by atoms with E-state index in [0.717, 1.165) is 18.2 Å². The summed E-state index contributed by atoms with van der Waals surface area (Å²) >= 11 is 4.85. The zero-order valence-electron chi connectivity index (χ0n) is 8.46. The number of rotatable bonds is 4. The molecule has 16 heavy (non-hydrogen) atoms. The van der Waals surface area contributed by atoms with E-state index in [-0.39, 0.29) is 23.8 Å². The first-order valence-corrected chi connectivity index (χ1v) is 5.11. The zero-order chi connectivity index (χ0) is 12.0.